The van der Waals surface area contributed by atoms with Gasteiger partial charge in [-0.25, -0.2) is 9.78 Å². The average Bonchev–Trinajstić information content (AvgIpc) is 3.73. The van der Waals surface area contributed by atoms with Crippen molar-refractivity contribution in [2.75, 3.05) is 45.4 Å². The summed E-state index contributed by atoms with van der Waals surface area (Å²) in [6, 6.07) is 14.1. The lowest BCUT2D eigenvalue weighted by Gasteiger charge is -2.31. The topological polar surface area (TPSA) is 103 Å². The zero-order chi connectivity index (χ0) is 32.6. The van der Waals surface area contributed by atoms with Gasteiger partial charge < -0.3 is 28.7 Å². The van der Waals surface area contributed by atoms with Crippen molar-refractivity contribution < 1.29 is 28.5 Å². The van der Waals surface area contributed by atoms with E-state index in [4.69, 9.17) is 28.9 Å². The highest BCUT2D eigenvalue weighted by molar-refractivity contribution is 5.84. The van der Waals surface area contributed by atoms with Crippen LogP contribution in [0, 0.1) is 18.3 Å². The van der Waals surface area contributed by atoms with E-state index in [9.17, 15) is 9.59 Å². The number of pyridine rings is 2. The smallest absolute Gasteiger partial charge is 0.410 e. The van der Waals surface area contributed by atoms with Gasteiger partial charge in [-0.15, -0.1) is 0 Å². The zero-order valence-electron chi connectivity index (χ0n) is 27.7. The van der Waals surface area contributed by atoms with Crippen molar-refractivity contribution in [2.24, 2.45) is 11.3 Å². The summed E-state index contributed by atoms with van der Waals surface area (Å²) in [5.74, 6) is 1.64. The molecule has 0 spiro atoms. The predicted octanol–water partition coefficient (Wildman–Crippen LogP) is 5.38. The van der Waals surface area contributed by atoms with Gasteiger partial charge in [-0.3, -0.25) is 9.78 Å². The van der Waals surface area contributed by atoms with Gasteiger partial charge in [0.05, 0.1) is 30.9 Å². The molecule has 0 unspecified atom stereocenters. The fraction of sp³-hybridized carbons (Fsp3) is 0.500. The van der Waals surface area contributed by atoms with Crippen LogP contribution in [0.2, 0.25) is 0 Å². The minimum atomic E-state index is -0.532. The summed E-state index contributed by atoms with van der Waals surface area (Å²) in [6.45, 7) is 10.3. The second-order valence-electron chi connectivity index (χ2n) is 13.6. The molecule has 1 aromatic carbocycles. The Morgan fingerprint density at radius 1 is 1.07 bits per heavy atom. The number of nitrogens with zero attached hydrogens (tertiary/aromatic N) is 4. The number of methoxy groups -OCH3 is 2. The standard InChI is InChI=1S/C36H44N4O6/c1-23-9-7-10-27(29-11-8-12-31(38-29)40-20-26-18-36(26,33(41)44-6)30(40)22-43-5)32(23)45-21-24-17-25-13-15-39(16-14-28(25)37-19-24)34(42)46-35(2,3)4/h7-12,17,19,26,30H,13-16,18,20-22H2,1-6H3/t26-,30+,36+/m0/s1. The molecule has 0 bridgehead atoms. The van der Waals surface area contributed by atoms with E-state index >= 15 is 0 Å². The Balaban J connectivity index is 1.19. The maximum Gasteiger partial charge on any atom is 0.410 e. The SMILES string of the molecule is COC[C@H]1N(c2cccc(-c3cccc(C)c3OCc3cnc4c(c3)CCN(C(=O)OC(C)(C)C)CC4)n2)C[C@@H]2C[C@@]21C(=O)OC. The van der Waals surface area contributed by atoms with Gasteiger partial charge >= 0.3 is 12.1 Å². The van der Waals surface area contributed by atoms with Crippen LogP contribution in [-0.2, 0) is 38.5 Å². The van der Waals surface area contributed by atoms with Crippen molar-refractivity contribution in [3.63, 3.8) is 0 Å². The first kappa shape index (κ1) is 31.8. The number of rotatable bonds is 8. The Kier molecular flexibility index (Phi) is 8.67. The van der Waals surface area contributed by atoms with Crippen LogP contribution < -0.4 is 9.64 Å². The van der Waals surface area contributed by atoms with Crippen molar-refractivity contribution in [1.82, 2.24) is 14.9 Å². The number of ether oxygens (including phenoxy) is 4. The van der Waals surface area contributed by atoms with Gasteiger partial charge in [-0.1, -0.05) is 18.2 Å². The number of benzene rings is 1. The van der Waals surface area contributed by atoms with Gasteiger partial charge in [0.15, 0.2) is 0 Å². The minimum absolute atomic E-state index is 0.136. The third-order valence-electron chi connectivity index (χ3n) is 9.37. The number of para-hydroxylation sites is 1. The molecule has 2 fully saturated rings. The third kappa shape index (κ3) is 6.15. The summed E-state index contributed by atoms with van der Waals surface area (Å²) < 4.78 is 22.9. The highest BCUT2D eigenvalue weighted by Crippen LogP contribution is 2.62. The lowest BCUT2D eigenvalue weighted by atomic mass is 9.96. The number of aryl methyl sites for hydroxylation is 1. The van der Waals surface area contributed by atoms with Gasteiger partial charge in [-0.05, 0) is 81.8 Å². The first-order valence-electron chi connectivity index (χ1n) is 16.0. The van der Waals surface area contributed by atoms with E-state index in [0.717, 1.165) is 58.2 Å². The predicted molar refractivity (Wildman–Crippen MR) is 174 cm³/mol. The molecule has 6 rings (SSSR count). The van der Waals surface area contributed by atoms with Crippen molar-refractivity contribution in [1.29, 1.82) is 0 Å². The number of esters is 1. The summed E-state index contributed by atoms with van der Waals surface area (Å²) in [4.78, 5) is 39.3. The Morgan fingerprint density at radius 3 is 2.61 bits per heavy atom. The van der Waals surface area contributed by atoms with E-state index in [1.54, 1.807) is 12.0 Å². The number of carbonyl (C=O) groups is 2. The van der Waals surface area contributed by atoms with Crippen LogP contribution in [0.4, 0.5) is 10.6 Å². The number of amides is 1. The van der Waals surface area contributed by atoms with E-state index in [1.807, 2.05) is 70.3 Å². The van der Waals surface area contributed by atoms with Crippen molar-refractivity contribution >= 4 is 17.9 Å². The largest absolute Gasteiger partial charge is 0.488 e. The van der Waals surface area contributed by atoms with E-state index < -0.39 is 11.0 Å². The van der Waals surface area contributed by atoms with Gasteiger partial charge in [0, 0.05) is 56.2 Å². The maximum absolute atomic E-state index is 12.8. The molecule has 0 radical (unpaired) electrons. The normalized spacial score (nSPS) is 22.0. The van der Waals surface area contributed by atoms with E-state index in [0.29, 0.717) is 39.1 Å². The van der Waals surface area contributed by atoms with Crippen LogP contribution in [0.25, 0.3) is 11.3 Å². The lowest BCUT2D eigenvalue weighted by molar-refractivity contribution is -0.148. The molecule has 4 heterocycles. The molecule has 1 aliphatic carbocycles. The molecule has 3 aliphatic rings. The van der Waals surface area contributed by atoms with Gasteiger partial charge in [-0.2, -0.15) is 0 Å². The van der Waals surface area contributed by atoms with Gasteiger partial charge in [0.25, 0.3) is 0 Å². The Bertz CT molecular complexity index is 1620. The zero-order valence-corrected chi connectivity index (χ0v) is 27.7. The fourth-order valence-electron chi connectivity index (χ4n) is 7.01. The second-order valence-corrected chi connectivity index (χ2v) is 13.6. The van der Waals surface area contributed by atoms with E-state index in [-0.39, 0.29) is 24.0 Å². The number of aromatic nitrogens is 2. The number of hydrogen-bond donors (Lipinski definition) is 0. The molecule has 1 saturated heterocycles. The van der Waals surface area contributed by atoms with Crippen molar-refractivity contribution in [2.45, 2.75) is 65.2 Å². The lowest BCUT2D eigenvalue weighted by Crippen LogP contribution is -2.44. The van der Waals surface area contributed by atoms with Crippen LogP contribution in [0.1, 0.15) is 49.6 Å². The first-order chi connectivity index (χ1) is 22.0. The van der Waals surface area contributed by atoms with Crippen LogP contribution >= 0.6 is 0 Å². The average molecular weight is 629 g/mol. The molecule has 0 N–H and O–H groups in total. The molecule has 2 aromatic heterocycles. The number of piperidine rings is 1. The van der Waals surface area contributed by atoms with E-state index in [1.165, 1.54) is 7.11 Å². The number of hydrogen-bond acceptors (Lipinski definition) is 9. The van der Waals surface area contributed by atoms with Crippen LogP contribution in [0.15, 0.2) is 48.7 Å². The van der Waals surface area contributed by atoms with Crippen molar-refractivity contribution in [3.8, 4) is 17.0 Å². The molecule has 1 amide bonds. The van der Waals surface area contributed by atoms with Crippen LogP contribution in [0.3, 0.4) is 0 Å². The summed E-state index contributed by atoms with van der Waals surface area (Å²) in [5, 5.41) is 0. The summed E-state index contributed by atoms with van der Waals surface area (Å²) in [6.07, 6.45) is 3.79. The third-order valence-corrected chi connectivity index (χ3v) is 9.37. The summed E-state index contributed by atoms with van der Waals surface area (Å²) >= 11 is 0. The quantitative estimate of drug-likeness (QED) is 0.304. The fourth-order valence-corrected chi connectivity index (χ4v) is 7.01. The number of fused-ring (bicyclic) bond motifs is 2. The van der Waals surface area contributed by atoms with Gasteiger partial charge in [0.2, 0.25) is 0 Å². The monoisotopic (exact) mass is 628 g/mol. The van der Waals surface area contributed by atoms with E-state index in [2.05, 4.69) is 11.0 Å². The highest BCUT2D eigenvalue weighted by Gasteiger charge is 2.71. The van der Waals surface area contributed by atoms with Crippen LogP contribution in [-0.4, -0.2) is 79.0 Å². The Labute approximate surface area is 271 Å². The summed E-state index contributed by atoms with van der Waals surface area (Å²) in [7, 11) is 3.12. The molecule has 244 valence electrons. The number of anilines is 1. The molecular formula is C36H44N4O6. The van der Waals surface area contributed by atoms with Crippen LogP contribution in [0.5, 0.6) is 5.75 Å². The molecule has 3 aromatic rings. The molecule has 10 heteroatoms. The molecule has 3 atom stereocenters. The van der Waals surface area contributed by atoms with Gasteiger partial charge in [0.1, 0.15) is 23.8 Å². The second kappa shape index (κ2) is 12.5. The Hall–Kier alpha value is -4.18. The molecular weight excluding hydrogens is 584 g/mol. The minimum Gasteiger partial charge on any atom is -0.488 e. The first-order valence-corrected chi connectivity index (χ1v) is 16.0. The maximum atomic E-state index is 12.8. The molecule has 1 saturated carbocycles. The summed E-state index contributed by atoms with van der Waals surface area (Å²) in [5.41, 5.74) is 4.74. The Morgan fingerprint density at radius 2 is 1.85 bits per heavy atom. The number of carbonyl (C=O) groups excluding carboxylic acids is 2. The molecule has 2 aliphatic heterocycles. The molecule has 46 heavy (non-hydrogen) atoms. The highest BCUT2D eigenvalue weighted by atomic mass is 16.6. The molecule has 10 nitrogen and oxygen atoms in total. The van der Waals surface area contributed by atoms with Crippen molar-refractivity contribution in [3.05, 3.63) is 71.0 Å².